The van der Waals surface area contributed by atoms with Gasteiger partial charge in [0.25, 0.3) is 0 Å². The summed E-state index contributed by atoms with van der Waals surface area (Å²) in [5.74, 6) is 0. The molecule has 0 bridgehead atoms. The molecule has 0 spiro atoms. The maximum absolute atomic E-state index is 9.08. The van der Waals surface area contributed by atoms with Gasteiger partial charge in [-0.3, -0.25) is 9.58 Å². The number of anilines is 1. The van der Waals surface area contributed by atoms with Gasteiger partial charge in [0.15, 0.2) is 0 Å². The average molecular weight is 300 g/mol. The number of fused-ring (bicyclic) bond motifs is 1. The normalized spacial score (nSPS) is 14.4. The van der Waals surface area contributed by atoms with E-state index in [4.69, 9.17) is 5.11 Å². The molecule has 3 rings (SSSR count). The lowest BCUT2D eigenvalue weighted by atomic mass is 10.1. The van der Waals surface area contributed by atoms with E-state index in [1.807, 2.05) is 11.6 Å². The van der Waals surface area contributed by atoms with Crippen LogP contribution in [0.4, 0.5) is 5.69 Å². The molecule has 0 unspecified atom stereocenters. The summed E-state index contributed by atoms with van der Waals surface area (Å²) in [6.07, 6.45) is 0. The van der Waals surface area contributed by atoms with Gasteiger partial charge in [0.05, 0.1) is 18.8 Å². The summed E-state index contributed by atoms with van der Waals surface area (Å²) >= 11 is 0. The van der Waals surface area contributed by atoms with Gasteiger partial charge in [-0.15, -0.1) is 0 Å². The molecule has 118 valence electrons. The van der Waals surface area contributed by atoms with E-state index >= 15 is 0 Å². The highest BCUT2D eigenvalue weighted by atomic mass is 16.3. The highest BCUT2D eigenvalue weighted by Gasteiger charge is 2.16. The zero-order valence-electron chi connectivity index (χ0n) is 13.6. The van der Waals surface area contributed by atoms with E-state index < -0.39 is 0 Å². The summed E-state index contributed by atoms with van der Waals surface area (Å²) in [5, 5.41) is 17.1. The summed E-state index contributed by atoms with van der Waals surface area (Å²) < 4.78 is 1.88. The zero-order valence-corrected chi connectivity index (χ0v) is 13.6. The molecule has 0 atom stereocenters. The van der Waals surface area contributed by atoms with Crippen LogP contribution in [0.25, 0.3) is 0 Å². The monoisotopic (exact) mass is 300 g/mol. The molecule has 1 aromatic heterocycles. The Bertz CT molecular complexity index is 678. The molecule has 0 amide bonds. The minimum atomic E-state index is 0.118. The van der Waals surface area contributed by atoms with Gasteiger partial charge in [0.1, 0.15) is 0 Å². The lowest BCUT2D eigenvalue weighted by Gasteiger charge is -2.09. The highest BCUT2D eigenvalue weighted by molar-refractivity contribution is 5.50. The lowest BCUT2D eigenvalue weighted by molar-refractivity contribution is 0.268. The minimum absolute atomic E-state index is 0.118. The maximum Gasteiger partial charge on any atom is 0.0646 e. The molecule has 2 N–H and O–H groups in total. The Kier molecular flexibility index (Phi) is 4.18. The molecule has 0 saturated heterocycles. The van der Waals surface area contributed by atoms with Crippen LogP contribution in [0.1, 0.15) is 28.1 Å². The quantitative estimate of drug-likeness (QED) is 0.887. The van der Waals surface area contributed by atoms with Gasteiger partial charge in [0.2, 0.25) is 0 Å². The predicted octanol–water partition coefficient (Wildman–Crippen LogP) is 2.05. The molecule has 0 fully saturated rings. The van der Waals surface area contributed by atoms with Crippen molar-refractivity contribution < 1.29 is 5.11 Å². The van der Waals surface area contributed by atoms with Gasteiger partial charge in [-0.1, -0.05) is 6.07 Å². The Morgan fingerprint density at radius 3 is 2.77 bits per heavy atom. The Hall–Kier alpha value is -1.85. The van der Waals surface area contributed by atoms with Crippen LogP contribution in [0, 0.1) is 13.8 Å². The van der Waals surface area contributed by atoms with Gasteiger partial charge in [-0.25, -0.2) is 0 Å². The number of nitrogens with one attached hydrogen (secondary N) is 1. The molecule has 0 saturated carbocycles. The topological polar surface area (TPSA) is 53.3 Å². The summed E-state index contributed by atoms with van der Waals surface area (Å²) in [7, 11) is 2.15. The van der Waals surface area contributed by atoms with Crippen LogP contribution in [0.15, 0.2) is 18.2 Å². The van der Waals surface area contributed by atoms with Crippen LogP contribution in [0.5, 0.6) is 0 Å². The van der Waals surface area contributed by atoms with E-state index in [9.17, 15) is 0 Å². The van der Waals surface area contributed by atoms with Crippen LogP contribution in [0.3, 0.4) is 0 Å². The SMILES string of the molecule is Cc1nn(CCO)c(C)c1CNc1ccc2c(c1)CN(C)C2. The number of rotatable bonds is 5. The molecule has 1 aliphatic rings. The Balaban J connectivity index is 1.72. The van der Waals surface area contributed by atoms with Crippen LogP contribution >= 0.6 is 0 Å². The second-order valence-electron chi connectivity index (χ2n) is 6.11. The third kappa shape index (κ3) is 2.87. The smallest absolute Gasteiger partial charge is 0.0646 e. The second kappa shape index (κ2) is 6.10. The lowest BCUT2D eigenvalue weighted by Crippen LogP contribution is -2.07. The molecule has 5 heteroatoms. The Morgan fingerprint density at radius 2 is 2.00 bits per heavy atom. The second-order valence-corrected chi connectivity index (χ2v) is 6.11. The van der Waals surface area contributed by atoms with Gasteiger partial charge < -0.3 is 10.4 Å². The van der Waals surface area contributed by atoms with E-state index in [1.165, 1.54) is 16.7 Å². The molecular formula is C17H24N4O. The van der Waals surface area contributed by atoms with Crippen molar-refractivity contribution in [2.24, 2.45) is 0 Å². The summed E-state index contributed by atoms with van der Waals surface area (Å²) in [6, 6.07) is 6.62. The third-order valence-corrected chi connectivity index (χ3v) is 4.40. The van der Waals surface area contributed by atoms with E-state index in [-0.39, 0.29) is 6.61 Å². The van der Waals surface area contributed by atoms with Crippen molar-refractivity contribution in [1.82, 2.24) is 14.7 Å². The molecule has 5 nitrogen and oxygen atoms in total. The van der Waals surface area contributed by atoms with Crippen molar-refractivity contribution in [3.05, 3.63) is 46.3 Å². The number of hydrogen-bond donors (Lipinski definition) is 2. The molecule has 0 aliphatic carbocycles. The number of aromatic nitrogens is 2. The van der Waals surface area contributed by atoms with Crippen LogP contribution in [-0.2, 0) is 26.2 Å². The van der Waals surface area contributed by atoms with Gasteiger partial charge >= 0.3 is 0 Å². The van der Waals surface area contributed by atoms with E-state index in [0.717, 1.165) is 36.7 Å². The number of benzene rings is 1. The minimum Gasteiger partial charge on any atom is -0.394 e. The molecular weight excluding hydrogens is 276 g/mol. The predicted molar refractivity (Wildman–Crippen MR) is 87.7 cm³/mol. The first-order chi connectivity index (χ1) is 10.6. The van der Waals surface area contributed by atoms with E-state index in [1.54, 1.807) is 0 Å². The van der Waals surface area contributed by atoms with Crippen molar-refractivity contribution in [3.8, 4) is 0 Å². The van der Waals surface area contributed by atoms with Crippen molar-refractivity contribution in [3.63, 3.8) is 0 Å². The van der Waals surface area contributed by atoms with Crippen molar-refractivity contribution in [2.45, 2.75) is 40.0 Å². The first-order valence-electron chi connectivity index (χ1n) is 7.76. The fraction of sp³-hybridized carbons (Fsp3) is 0.471. The number of nitrogens with zero attached hydrogens (tertiary/aromatic N) is 3. The molecule has 1 aromatic carbocycles. The van der Waals surface area contributed by atoms with Crippen LogP contribution in [-0.4, -0.2) is 33.4 Å². The Labute approximate surface area is 131 Å². The summed E-state index contributed by atoms with van der Waals surface area (Å²) in [4.78, 5) is 2.32. The largest absolute Gasteiger partial charge is 0.394 e. The maximum atomic E-state index is 9.08. The van der Waals surface area contributed by atoms with Crippen molar-refractivity contribution >= 4 is 5.69 Å². The fourth-order valence-electron chi connectivity index (χ4n) is 3.17. The van der Waals surface area contributed by atoms with Crippen LogP contribution in [0.2, 0.25) is 0 Å². The average Bonchev–Trinajstić information content (AvgIpc) is 2.97. The standard InChI is InChI=1S/C17H24N4O/c1-12-17(13(2)21(19-12)6-7-22)9-18-16-5-4-14-10-20(3)11-15(14)8-16/h4-5,8,18,22H,6-7,9-11H2,1-3H3. The molecule has 2 heterocycles. The van der Waals surface area contributed by atoms with Crippen LogP contribution < -0.4 is 5.32 Å². The molecule has 1 aliphatic heterocycles. The van der Waals surface area contributed by atoms with E-state index in [0.29, 0.717) is 6.54 Å². The van der Waals surface area contributed by atoms with Gasteiger partial charge in [-0.2, -0.15) is 5.10 Å². The first-order valence-corrected chi connectivity index (χ1v) is 7.76. The highest BCUT2D eigenvalue weighted by Crippen LogP contribution is 2.25. The van der Waals surface area contributed by atoms with E-state index in [2.05, 4.69) is 47.5 Å². The van der Waals surface area contributed by atoms with Gasteiger partial charge in [-0.05, 0) is 44.2 Å². The molecule has 22 heavy (non-hydrogen) atoms. The number of aliphatic hydroxyl groups is 1. The van der Waals surface area contributed by atoms with Crippen molar-refractivity contribution in [1.29, 1.82) is 0 Å². The third-order valence-electron chi connectivity index (χ3n) is 4.40. The summed E-state index contributed by atoms with van der Waals surface area (Å²) in [5.41, 5.74) is 7.36. The number of hydrogen-bond acceptors (Lipinski definition) is 4. The molecule has 0 radical (unpaired) electrons. The number of aryl methyl sites for hydroxylation is 1. The van der Waals surface area contributed by atoms with Crippen molar-refractivity contribution in [2.75, 3.05) is 19.0 Å². The summed E-state index contributed by atoms with van der Waals surface area (Å²) in [6.45, 7) is 7.59. The Morgan fingerprint density at radius 1 is 1.23 bits per heavy atom. The molecule has 2 aromatic rings. The fourth-order valence-corrected chi connectivity index (χ4v) is 3.17. The van der Waals surface area contributed by atoms with Gasteiger partial charge in [0, 0.05) is 36.6 Å². The number of aliphatic hydroxyl groups excluding tert-OH is 1. The first kappa shape index (κ1) is 15.1. The zero-order chi connectivity index (χ0) is 15.7.